The quantitative estimate of drug-likeness (QED) is 0.666. The van der Waals surface area contributed by atoms with Crippen LogP contribution in [0.5, 0.6) is 0 Å². The Labute approximate surface area is 103 Å². The van der Waals surface area contributed by atoms with Crippen LogP contribution >= 0.6 is 15.9 Å². The summed E-state index contributed by atoms with van der Waals surface area (Å²) < 4.78 is 0. The number of alkyl halides is 1. The van der Waals surface area contributed by atoms with Crippen molar-refractivity contribution in [3.05, 3.63) is 23.9 Å². The van der Waals surface area contributed by atoms with Crippen molar-refractivity contribution in [2.45, 2.75) is 19.3 Å². The lowest BCUT2D eigenvalue weighted by atomic mass is 10.2. The van der Waals surface area contributed by atoms with Crippen LogP contribution in [0.3, 0.4) is 0 Å². The number of rotatable bonds is 5. The predicted octanol–water partition coefficient (Wildman–Crippen LogP) is 2.46. The SMILES string of the molecule is N#Cc1ccc(NC(=O)CCCCBr)nc1. The lowest BCUT2D eigenvalue weighted by molar-refractivity contribution is -0.116. The van der Waals surface area contributed by atoms with E-state index < -0.39 is 0 Å². The summed E-state index contributed by atoms with van der Waals surface area (Å²) in [5, 5.41) is 12.2. The number of amides is 1. The summed E-state index contributed by atoms with van der Waals surface area (Å²) in [6.07, 6.45) is 3.77. The Morgan fingerprint density at radius 3 is 2.88 bits per heavy atom. The zero-order chi connectivity index (χ0) is 11.8. The van der Waals surface area contributed by atoms with E-state index in [2.05, 4.69) is 26.2 Å². The number of hydrogen-bond acceptors (Lipinski definition) is 3. The standard InChI is InChI=1S/C11H12BrN3O/c12-6-2-1-3-11(16)15-10-5-4-9(7-13)8-14-10/h4-5,8H,1-3,6H2,(H,14,15,16). The normalized spacial score (nSPS) is 9.50. The molecular weight excluding hydrogens is 270 g/mol. The summed E-state index contributed by atoms with van der Waals surface area (Å²) >= 11 is 3.31. The van der Waals surface area contributed by atoms with E-state index in [-0.39, 0.29) is 5.91 Å². The van der Waals surface area contributed by atoms with Crippen molar-refractivity contribution >= 4 is 27.7 Å². The van der Waals surface area contributed by atoms with Gasteiger partial charge in [-0.25, -0.2) is 4.98 Å². The van der Waals surface area contributed by atoms with Crippen molar-refractivity contribution < 1.29 is 4.79 Å². The van der Waals surface area contributed by atoms with Crippen molar-refractivity contribution in [3.8, 4) is 6.07 Å². The van der Waals surface area contributed by atoms with E-state index >= 15 is 0 Å². The van der Waals surface area contributed by atoms with Crippen molar-refractivity contribution in [2.24, 2.45) is 0 Å². The van der Waals surface area contributed by atoms with Gasteiger partial charge in [0.1, 0.15) is 11.9 Å². The summed E-state index contributed by atoms with van der Waals surface area (Å²) in [6, 6.07) is 5.22. The average molecular weight is 282 g/mol. The topological polar surface area (TPSA) is 65.8 Å². The highest BCUT2D eigenvalue weighted by atomic mass is 79.9. The van der Waals surface area contributed by atoms with Gasteiger partial charge in [0.15, 0.2) is 0 Å². The molecule has 0 aliphatic rings. The van der Waals surface area contributed by atoms with E-state index in [0.29, 0.717) is 17.8 Å². The van der Waals surface area contributed by atoms with Crippen LogP contribution in [0.4, 0.5) is 5.82 Å². The van der Waals surface area contributed by atoms with Crippen LogP contribution in [-0.4, -0.2) is 16.2 Å². The Morgan fingerprint density at radius 1 is 1.50 bits per heavy atom. The van der Waals surface area contributed by atoms with Gasteiger partial charge in [0.05, 0.1) is 5.56 Å². The largest absolute Gasteiger partial charge is 0.311 e. The molecular formula is C11H12BrN3O. The number of nitrogens with zero attached hydrogens (tertiary/aromatic N) is 2. The lowest BCUT2D eigenvalue weighted by Crippen LogP contribution is -2.12. The molecule has 1 amide bonds. The zero-order valence-electron chi connectivity index (χ0n) is 8.74. The molecule has 84 valence electrons. The van der Waals surface area contributed by atoms with Crippen LogP contribution in [0.25, 0.3) is 0 Å². The highest BCUT2D eigenvalue weighted by Crippen LogP contribution is 2.06. The van der Waals surface area contributed by atoms with Crippen molar-refractivity contribution in [3.63, 3.8) is 0 Å². The van der Waals surface area contributed by atoms with Crippen LogP contribution < -0.4 is 5.32 Å². The summed E-state index contributed by atoms with van der Waals surface area (Å²) in [5.74, 6) is 0.445. The number of pyridine rings is 1. The molecule has 1 rings (SSSR count). The molecule has 16 heavy (non-hydrogen) atoms. The maximum atomic E-state index is 11.4. The first-order valence-corrected chi connectivity index (χ1v) is 6.10. The molecule has 0 saturated heterocycles. The third-order valence-electron chi connectivity index (χ3n) is 1.95. The average Bonchev–Trinajstić information content (AvgIpc) is 2.30. The zero-order valence-corrected chi connectivity index (χ0v) is 10.3. The maximum absolute atomic E-state index is 11.4. The Morgan fingerprint density at radius 2 is 2.31 bits per heavy atom. The Hall–Kier alpha value is -1.41. The summed E-state index contributed by atoms with van der Waals surface area (Å²) in [5.41, 5.74) is 0.484. The second-order valence-electron chi connectivity index (χ2n) is 3.24. The maximum Gasteiger partial charge on any atom is 0.225 e. The first-order chi connectivity index (χ1) is 7.76. The fraction of sp³-hybridized carbons (Fsp3) is 0.364. The molecule has 1 aromatic rings. The van der Waals surface area contributed by atoms with Crippen molar-refractivity contribution in [2.75, 3.05) is 10.6 Å². The van der Waals surface area contributed by atoms with Gasteiger partial charge in [-0.3, -0.25) is 4.79 Å². The number of halogens is 1. The van der Waals surface area contributed by atoms with Gasteiger partial charge in [-0.05, 0) is 25.0 Å². The fourth-order valence-electron chi connectivity index (χ4n) is 1.12. The minimum Gasteiger partial charge on any atom is -0.311 e. The Balaban J connectivity index is 2.41. The highest BCUT2D eigenvalue weighted by molar-refractivity contribution is 9.09. The van der Waals surface area contributed by atoms with Crippen LogP contribution in [-0.2, 0) is 4.79 Å². The summed E-state index contributed by atoms with van der Waals surface area (Å²) in [7, 11) is 0. The second kappa shape index (κ2) is 6.96. The van der Waals surface area contributed by atoms with E-state index in [9.17, 15) is 4.79 Å². The van der Waals surface area contributed by atoms with Gasteiger partial charge in [-0.15, -0.1) is 0 Å². The molecule has 0 aromatic carbocycles. The first-order valence-electron chi connectivity index (χ1n) is 4.98. The summed E-state index contributed by atoms with van der Waals surface area (Å²) in [6.45, 7) is 0. The Kier molecular flexibility index (Phi) is 5.51. The van der Waals surface area contributed by atoms with Gasteiger partial charge < -0.3 is 5.32 Å². The van der Waals surface area contributed by atoms with Crippen LogP contribution in [0.2, 0.25) is 0 Å². The van der Waals surface area contributed by atoms with Crippen LogP contribution in [0.15, 0.2) is 18.3 Å². The number of hydrogen-bond donors (Lipinski definition) is 1. The number of anilines is 1. The molecule has 0 aliphatic heterocycles. The molecule has 0 bridgehead atoms. The fourth-order valence-corrected chi connectivity index (χ4v) is 1.52. The van der Waals surface area contributed by atoms with Crippen molar-refractivity contribution in [1.29, 1.82) is 5.26 Å². The monoisotopic (exact) mass is 281 g/mol. The molecule has 0 radical (unpaired) electrons. The third kappa shape index (κ3) is 4.41. The minimum atomic E-state index is -0.0434. The second-order valence-corrected chi connectivity index (χ2v) is 4.03. The smallest absolute Gasteiger partial charge is 0.225 e. The third-order valence-corrected chi connectivity index (χ3v) is 2.51. The van der Waals surface area contributed by atoms with Gasteiger partial charge in [0.25, 0.3) is 0 Å². The molecule has 0 unspecified atom stereocenters. The van der Waals surface area contributed by atoms with E-state index in [4.69, 9.17) is 5.26 Å². The van der Waals surface area contributed by atoms with Crippen LogP contribution in [0, 0.1) is 11.3 Å². The predicted molar refractivity (Wildman–Crippen MR) is 65.2 cm³/mol. The van der Waals surface area contributed by atoms with Gasteiger partial charge in [0, 0.05) is 17.9 Å². The lowest BCUT2D eigenvalue weighted by Gasteiger charge is -2.03. The summed E-state index contributed by atoms with van der Waals surface area (Å²) in [4.78, 5) is 15.4. The molecule has 0 saturated carbocycles. The molecule has 0 fully saturated rings. The number of unbranched alkanes of at least 4 members (excludes halogenated alkanes) is 1. The Bertz CT molecular complexity index is 383. The van der Waals surface area contributed by atoms with E-state index in [1.807, 2.05) is 6.07 Å². The number of carbonyl (C=O) groups is 1. The van der Waals surface area contributed by atoms with Crippen molar-refractivity contribution in [1.82, 2.24) is 4.98 Å². The van der Waals surface area contributed by atoms with E-state index in [1.165, 1.54) is 6.20 Å². The highest BCUT2D eigenvalue weighted by Gasteiger charge is 2.02. The van der Waals surface area contributed by atoms with E-state index in [1.54, 1.807) is 12.1 Å². The molecule has 4 nitrogen and oxygen atoms in total. The van der Waals surface area contributed by atoms with Crippen LogP contribution in [0.1, 0.15) is 24.8 Å². The molecule has 0 atom stereocenters. The van der Waals surface area contributed by atoms with E-state index in [0.717, 1.165) is 18.2 Å². The van der Waals surface area contributed by atoms with Gasteiger partial charge in [-0.2, -0.15) is 5.26 Å². The van der Waals surface area contributed by atoms with Gasteiger partial charge in [-0.1, -0.05) is 15.9 Å². The number of nitriles is 1. The number of carbonyl (C=O) groups excluding carboxylic acids is 1. The minimum absolute atomic E-state index is 0.0434. The molecule has 0 spiro atoms. The number of nitrogens with one attached hydrogen (secondary N) is 1. The molecule has 1 heterocycles. The molecule has 5 heteroatoms. The van der Waals surface area contributed by atoms with Gasteiger partial charge >= 0.3 is 0 Å². The molecule has 1 aromatic heterocycles. The number of aromatic nitrogens is 1. The first kappa shape index (κ1) is 12.7. The molecule has 1 N–H and O–H groups in total. The van der Waals surface area contributed by atoms with Gasteiger partial charge in [0.2, 0.25) is 5.91 Å². The molecule has 0 aliphatic carbocycles.